The number of hydrogen-bond donors (Lipinski definition) is 1. The van der Waals surface area contributed by atoms with Crippen molar-refractivity contribution in [1.82, 2.24) is 4.90 Å². The average Bonchev–Trinajstić information content (AvgIpc) is 2.77. The Kier molecular flexibility index (Phi) is 5.89. The van der Waals surface area contributed by atoms with Crippen LogP contribution in [-0.4, -0.2) is 30.1 Å². The number of carbonyl (C=O) groups is 1. The van der Waals surface area contributed by atoms with Gasteiger partial charge in [-0.15, -0.1) is 0 Å². The topological polar surface area (TPSA) is 50.8 Å². The van der Waals surface area contributed by atoms with Crippen LogP contribution in [0.4, 0.5) is 5.69 Å². The number of nitrogens with one attached hydrogen (secondary N) is 1. The van der Waals surface area contributed by atoms with Crippen LogP contribution in [0.5, 0.6) is 11.5 Å². The smallest absolute Gasteiger partial charge is 0.258 e. The fourth-order valence-electron chi connectivity index (χ4n) is 3.66. The number of rotatable bonds is 7. The summed E-state index contributed by atoms with van der Waals surface area (Å²) in [6.07, 6.45) is -0.253. The summed E-state index contributed by atoms with van der Waals surface area (Å²) in [5.41, 5.74) is 2.54. The summed E-state index contributed by atoms with van der Waals surface area (Å²) < 4.78 is 11.6. The molecule has 0 aliphatic carbocycles. The molecular weight excluding hydrogens is 376 g/mol. The lowest BCUT2D eigenvalue weighted by molar-refractivity contribution is 0.0616. The number of amides is 1. The third-order valence-corrected chi connectivity index (χ3v) is 5.06. The highest BCUT2D eigenvalue weighted by molar-refractivity contribution is 6.01. The van der Waals surface area contributed by atoms with Crippen molar-refractivity contribution < 1.29 is 14.3 Å². The number of ether oxygens (including phenoxy) is 2. The van der Waals surface area contributed by atoms with Crippen LogP contribution in [0.25, 0.3) is 0 Å². The van der Waals surface area contributed by atoms with E-state index in [9.17, 15) is 4.79 Å². The summed E-state index contributed by atoms with van der Waals surface area (Å²) in [5.74, 6) is 1.61. The largest absolute Gasteiger partial charge is 0.490 e. The quantitative estimate of drug-likeness (QED) is 0.558. The molecule has 0 saturated carbocycles. The van der Waals surface area contributed by atoms with E-state index in [1.165, 1.54) is 0 Å². The molecule has 3 aromatic carbocycles. The number of fused-ring (bicyclic) bond motifs is 1. The zero-order valence-corrected chi connectivity index (χ0v) is 17.2. The first-order valence-corrected chi connectivity index (χ1v) is 10.2. The number of anilines is 1. The molecule has 1 amide bonds. The number of para-hydroxylation sites is 2. The van der Waals surface area contributed by atoms with Gasteiger partial charge in [-0.2, -0.15) is 0 Å². The summed E-state index contributed by atoms with van der Waals surface area (Å²) in [7, 11) is 0. The predicted molar refractivity (Wildman–Crippen MR) is 118 cm³/mol. The van der Waals surface area contributed by atoms with Gasteiger partial charge in [-0.1, -0.05) is 42.5 Å². The van der Waals surface area contributed by atoms with Gasteiger partial charge in [-0.25, -0.2) is 0 Å². The molecule has 1 atom stereocenters. The molecule has 0 bridgehead atoms. The lowest BCUT2D eigenvalue weighted by atomic mass is 10.0. The maximum atomic E-state index is 13.1. The molecule has 0 fully saturated rings. The van der Waals surface area contributed by atoms with E-state index in [2.05, 4.69) is 5.32 Å². The Hall–Kier alpha value is -3.47. The monoisotopic (exact) mass is 402 g/mol. The van der Waals surface area contributed by atoms with Crippen molar-refractivity contribution in [2.75, 3.05) is 18.5 Å². The lowest BCUT2D eigenvalue weighted by Crippen LogP contribution is -2.46. The second-order valence-corrected chi connectivity index (χ2v) is 7.48. The maximum absolute atomic E-state index is 13.1. The number of nitrogens with zero attached hydrogens (tertiary/aromatic N) is 1. The highest BCUT2D eigenvalue weighted by atomic mass is 16.5. The van der Waals surface area contributed by atoms with Gasteiger partial charge in [0.1, 0.15) is 30.9 Å². The van der Waals surface area contributed by atoms with E-state index < -0.39 is 0 Å². The molecule has 1 aliphatic rings. The Labute approximate surface area is 177 Å². The van der Waals surface area contributed by atoms with Gasteiger partial charge in [0.25, 0.3) is 5.91 Å². The molecule has 0 aromatic heterocycles. The van der Waals surface area contributed by atoms with Crippen LogP contribution in [0, 0.1) is 0 Å². The van der Waals surface area contributed by atoms with Crippen molar-refractivity contribution in [2.45, 2.75) is 26.1 Å². The molecule has 1 unspecified atom stereocenters. The third kappa shape index (κ3) is 4.25. The van der Waals surface area contributed by atoms with Gasteiger partial charge in [0.15, 0.2) is 0 Å². The Morgan fingerprint density at radius 1 is 0.867 bits per heavy atom. The van der Waals surface area contributed by atoms with Gasteiger partial charge in [-0.3, -0.25) is 4.79 Å². The van der Waals surface area contributed by atoms with Crippen LogP contribution in [0.15, 0.2) is 78.9 Å². The predicted octanol–water partition coefficient (Wildman–Crippen LogP) is 5.12. The molecule has 0 saturated heterocycles. The molecule has 4 rings (SSSR count). The van der Waals surface area contributed by atoms with Crippen LogP contribution >= 0.6 is 0 Å². The summed E-state index contributed by atoms with van der Waals surface area (Å²) >= 11 is 0. The van der Waals surface area contributed by atoms with Crippen molar-refractivity contribution in [3.63, 3.8) is 0 Å². The highest BCUT2D eigenvalue weighted by Crippen LogP contribution is 2.35. The number of carbonyl (C=O) groups excluding carboxylic acids is 1. The van der Waals surface area contributed by atoms with Crippen LogP contribution < -0.4 is 14.8 Å². The number of hydrogen-bond acceptors (Lipinski definition) is 4. The Balaban J connectivity index is 1.47. The van der Waals surface area contributed by atoms with Crippen molar-refractivity contribution in [1.29, 1.82) is 0 Å². The van der Waals surface area contributed by atoms with Crippen molar-refractivity contribution >= 4 is 11.6 Å². The lowest BCUT2D eigenvalue weighted by Gasteiger charge is -2.40. The van der Waals surface area contributed by atoms with Crippen LogP contribution in [0.3, 0.4) is 0 Å². The summed E-state index contributed by atoms with van der Waals surface area (Å²) in [6.45, 7) is 4.95. The normalized spacial score (nSPS) is 15.5. The van der Waals surface area contributed by atoms with Crippen LogP contribution in [-0.2, 0) is 0 Å². The zero-order valence-electron chi connectivity index (χ0n) is 17.2. The van der Waals surface area contributed by atoms with Gasteiger partial charge in [0.05, 0.1) is 5.56 Å². The van der Waals surface area contributed by atoms with Gasteiger partial charge < -0.3 is 19.7 Å². The minimum absolute atomic E-state index is 0.0342. The molecule has 5 nitrogen and oxygen atoms in total. The Morgan fingerprint density at radius 2 is 1.53 bits per heavy atom. The fourth-order valence-corrected chi connectivity index (χ4v) is 3.66. The van der Waals surface area contributed by atoms with E-state index in [1.807, 2.05) is 97.6 Å². The second kappa shape index (κ2) is 8.91. The molecule has 1 heterocycles. The van der Waals surface area contributed by atoms with Gasteiger partial charge in [0.2, 0.25) is 0 Å². The second-order valence-electron chi connectivity index (χ2n) is 7.48. The minimum Gasteiger partial charge on any atom is -0.490 e. The minimum atomic E-state index is -0.253. The molecular formula is C25H26N2O3. The van der Waals surface area contributed by atoms with E-state index in [-0.39, 0.29) is 18.1 Å². The maximum Gasteiger partial charge on any atom is 0.258 e. The summed E-state index contributed by atoms with van der Waals surface area (Å²) in [5, 5.41) is 3.52. The van der Waals surface area contributed by atoms with E-state index >= 15 is 0 Å². The first-order valence-electron chi connectivity index (χ1n) is 10.2. The molecule has 0 radical (unpaired) electrons. The van der Waals surface area contributed by atoms with Crippen molar-refractivity contribution in [3.05, 3.63) is 90.0 Å². The average molecular weight is 402 g/mol. The fraction of sp³-hybridized carbons (Fsp3) is 0.240. The van der Waals surface area contributed by atoms with E-state index in [1.54, 1.807) is 0 Å². The molecule has 154 valence electrons. The summed E-state index contributed by atoms with van der Waals surface area (Å²) in [6, 6.07) is 25.2. The first kappa shape index (κ1) is 19.8. The molecule has 3 aromatic rings. The van der Waals surface area contributed by atoms with Crippen LogP contribution in [0.2, 0.25) is 0 Å². The van der Waals surface area contributed by atoms with Crippen molar-refractivity contribution in [2.24, 2.45) is 0 Å². The molecule has 5 heteroatoms. The van der Waals surface area contributed by atoms with E-state index in [0.717, 1.165) is 22.7 Å². The molecule has 30 heavy (non-hydrogen) atoms. The van der Waals surface area contributed by atoms with Gasteiger partial charge in [-0.05, 0) is 55.8 Å². The Bertz CT molecular complexity index is 1000. The van der Waals surface area contributed by atoms with Gasteiger partial charge in [0, 0.05) is 11.7 Å². The highest BCUT2D eigenvalue weighted by Gasteiger charge is 2.34. The first-order chi connectivity index (χ1) is 14.6. The molecule has 0 spiro atoms. The summed E-state index contributed by atoms with van der Waals surface area (Å²) in [4.78, 5) is 15.0. The van der Waals surface area contributed by atoms with E-state index in [4.69, 9.17) is 9.47 Å². The standard InChI is InChI=1S/C25H26N2O3/c1-18(2)27-24(26-23-14-7-6-13-22(23)25(27)28)19-9-8-12-21(17-19)30-16-15-29-20-10-4-3-5-11-20/h3-14,17-18,24,26H,15-16H2,1-2H3. The molecule has 1 N–H and O–H groups in total. The van der Waals surface area contributed by atoms with E-state index in [0.29, 0.717) is 18.8 Å². The number of benzene rings is 3. The SMILES string of the molecule is CC(C)N1C(=O)c2ccccc2NC1c1cccc(OCCOc2ccccc2)c1. The molecule has 1 aliphatic heterocycles. The Morgan fingerprint density at radius 3 is 2.30 bits per heavy atom. The van der Waals surface area contributed by atoms with Gasteiger partial charge >= 0.3 is 0 Å². The third-order valence-electron chi connectivity index (χ3n) is 5.06. The van der Waals surface area contributed by atoms with Crippen LogP contribution in [0.1, 0.15) is 35.9 Å². The zero-order chi connectivity index (χ0) is 20.9. The van der Waals surface area contributed by atoms with Crippen molar-refractivity contribution in [3.8, 4) is 11.5 Å².